The van der Waals surface area contributed by atoms with Crippen molar-refractivity contribution in [2.75, 3.05) is 5.75 Å². The van der Waals surface area contributed by atoms with Crippen LogP contribution in [0.4, 0.5) is 0 Å². The number of rotatable bonds is 8. The molecule has 1 aliphatic rings. The van der Waals surface area contributed by atoms with Crippen molar-refractivity contribution in [3.63, 3.8) is 0 Å². The normalized spacial score (nSPS) is 15.6. The van der Waals surface area contributed by atoms with Crippen molar-refractivity contribution in [2.24, 2.45) is 0 Å². The Kier molecular flexibility index (Phi) is 8.30. The second kappa shape index (κ2) is 10.7. The number of hydrogen-bond donors (Lipinski definition) is 1. The van der Waals surface area contributed by atoms with Gasteiger partial charge in [-0.1, -0.05) is 58.8 Å². The standard InChI is InChI=1S/C27H34O2S2/c1-5-7-8-9-10-19-18-25-23(27(3,4)15-16-30-25)17-20(19)11-12-21-13-14-24(31-21)22(6-2)26(28)29/h13-14,17-18,22H,5-10,15-16H2,1-4H3,(H,28,29). The number of carboxylic acid groups (broad SMARTS) is 1. The van der Waals surface area contributed by atoms with E-state index in [0.29, 0.717) is 6.42 Å². The van der Waals surface area contributed by atoms with E-state index in [1.54, 1.807) is 0 Å². The van der Waals surface area contributed by atoms with Crippen LogP contribution < -0.4 is 0 Å². The van der Waals surface area contributed by atoms with Crippen LogP contribution in [-0.2, 0) is 16.6 Å². The van der Waals surface area contributed by atoms with Crippen molar-refractivity contribution in [1.82, 2.24) is 0 Å². The van der Waals surface area contributed by atoms with Gasteiger partial charge in [-0.15, -0.1) is 23.1 Å². The summed E-state index contributed by atoms with van der Waals surface area (Å²) in [5.41, 5.74) is 4.12. The lowest BCUT2D eigenvalue weighted by Crippen LogP contribution is -2.23. The van der Waals surface area contributed by atoms with Crippen LogP contribution in [0.2, 0.25) is 0 Å². The summed E-state index contributed by atoms with van der Waals surface area (Å²) in [5, 5.41) is 9.43. The lowest BCUT2D eigenvalue weighted by Gasteiger charge is -2.32. The molecule has 2 aromatic rings. The number of fused-ring (bicyclic) bond motifs is 1. The highest BCUT2D eigenvalue weighted by molar-refractivity contribution is 7.99. The van der Waals surface area contributed by atoms with E-state index < -0.39 is 11.9 Å². The molecule has 0 saturated carbocycles. The van der Waals surface area contributed by atoms with Crippen LogP contribution in [0.15, 0.2) is 29.2 Å². The molecule has 0 aliphatic carbocycles. The third-order valence-corrected chi connectivity index (χ3v) is 8.39. The van der Waals surface area contributed by atoms with Crippen LogP contribution in [0, 0.1) is 11.8 Å². The van der Waals surface area contributed by atoms with E-state index in [-0.39, 0.29) is 5.41 Å². The van der Waals surface area contributed by atoms with Gasteiger partial charge in [0, 0.05) is 15.3 Å². The smallest absolute Gasteiger partial charge is 0.311 e. The number of aryl methyl sites for hydroxylation is 1. The molecule has 0 spiro atoms. The van der Waals surface area contributed by atoms with Gasteiger partial charge in [0.05, 0.1) is 10.8 Å². The molecule has 0 saturated heterocycles. The van der Waals surface area contributed by atoms with Crippen LogP contribution in [0.3, 0.4) is 0 Å². The summed E-state index contributed by atoms with van der Waals surface area (Å²) in [6, 6.07) is 8.63. The summed E-state index contributed by atoms with van der Waals surface area (Å²) >= 11 is 3.50. The molecule has 2 nitrogen and oxygen atoms in total. The monoisotopic (exact) mass is 454 g/mol. The molecule has 0 fully saturated rings. The van der Waals surface area contributed by atoms with Crippen LogP contribution >= 0.6 is 23.1 Å². The van der Waals surface area contributed by atoms with Crippen molar-refractivity contribution in [3.8, 4) is 11.8 Å². The van der Waals surface area contributed by atoms with E-state index in [1.807, 2.05) is 30.8 Å². The van der Waals surface area contributed by atoms with Crippen molar-refractivity contribution in [2.45, 2.75) is 88.9 Å². The second-order valence-corrected chi connectivity index (χ2v) is 11.3. The Morgan fingerprint density at radius 2 is 1.97 bits per heavy atom. The maximum Gasteiger partial charge on any atom is 0.311 e. The zero-order valence-corrected chi connectivity index (χ0v) is 20.8. The van der Waals surface area contributed by atoms with Gasteiger partial charge in [0.1, 0.15) is 0 Å². The molecule has 0 radical (unpaired) electrons. The van der Waals surface area contributed by atoms with Crippen LogP contribution in [-0.4, -0.2) is 16.8 Å². The van der Waals surface area contributed by atoms with Gasteiger partial charge in [0.2, 0.25) is 0 Å². The van der Waals surface area contributed by atoms with Gasteiger partial charge >= 0.3 is 5.97 Å². The molecule has 3 rings (SSSR count). The molecule has 0 bridgehead atoms. The van der Waals surface area contributed by atoms with E-state index >= 15 is 0 Å². The van der Waals surface area contributed by atoms with E-state index in [1.165, 1.54) is 65.2 Å². The summed E-state index contributed by atoms with van der Waals surface area (Å²) in [7, 11) is 0. The number of aliphatic carboxylic acids is 1. The predicted molar refractivity (Wildman–Crippen MR) is 134 cm³/mol. The fourth-order valence-corrected chi connectivity index (χ4v) is 6.71. The Morgan fingerprint density at radius 3 is 2.68 bits per heavy atom. The molecule has 166 valence electrons. The maximum atomic E-state index is 11.5. The lowest BCUT2D eigenvalue weighted by molar-refractivity contribution is -0.138. The van der Waals surface area contributed by atoms with Crippen LogP contribution in [0.25, 0.3) is 0 Å². The summed E-state index contributed by atoms with van der Waals surface area (Å²) in [4.78, 5) is 14.7. The molecule has 31 heavy (non-hydrogen) atoms. The third kappa shape index (κ3) is 5.96. The van der Waals surface area contributed by atoms with E-state index in [4.69, 9.17) is 0 Å². The molecule has 2 heterocycles. The third-order valence-electron chi connectivity index (χ3n) is 6.22. The summed E-state index contributed by atoms with van der Waals surface area (Å²) in [6.07, 6.45) is 7.86. The highest BCUT2D eigenvalue weighted by Crippen LogP contribution is 2.42. The Labute approximate surface area is 195 Å². The van der Waals surface area contributed by atoms with Crippen molar-refractivity contribution < 1.29 is 9.90 Å². The first kappa shape index (κ1) is 24.0. The van der Waals surface area contributed by atoms with Gasteiger partial charge in [-0.05, 0) is 72.2 Å². The minimum absolute atomic E-state index is 0.184. The number of carbonyl (C=O) groups is 1. The predicted octanol–water partition coefficient (Wildman–Crippen LogP) is 7.62. The minimum Gasteiger partial charge on any atom is -0.481 e. The molecule has 1 N–H and O–H groups in total. The fourth-order valence-electron chi connectivity index (χ4n) is 4.12. The molecule has 1 unspecified atom stereocenters. The Morgan fingerprint density at radius 1 is 1.16 bits per heavy atom. The van der Waals surface area contributed by atoms with E-state index in [2.05, 4.69) is 44.7 Å². The van der Waals surface area contributed by atoms with Crippen LogP contribution in [0.5, 0.6) is 0 Å². The van der Waals surface area contributed by atoms with Crippen molar-refractivity contribution >= 4 is 29.1 Å². The minimum atomic E-state index is -0.757. The second-order valence-electron chi connectivity index (χ2n) is 9.05. The summed E-state index contributed by atoms with van der Waals surface area (Å²) in [5.74, 6) is 6.80. The number of thioether (sulfide) groups is 1. The largest absolute Gasteiger partial charge is 0.481 e. The average Bonchev–Trinajstić information content (AvgIpc) is 3.18. The fraction of sp³-hybridized carbons (Fsp3) is 0.519. The average molecular weight is 455 g/mol. The molecule has 1 aromatic carbocycles. The Bertz CT molecular complexity index is 975. The van der Waals surface area contributed by atoms with Gasteiger partial charge in [-0.25, -0.2) is 0 Å². The van der Waals surface area contributed by atoms with Crippen LogP contribution in [0.1, 0.15) is 98.6 Å². The van der Waals surface area contributed by atoms with Gasteiger partial charge < -0.3 is 5.11 Å². The van der Waals surface area contributed by atoms with Gasteiger partial charge in [-0.2, -0.15) is 0 Å². The zero-order valence-electron chi connectivity index (χ0n) is 19.2. The van der Waals surface area contributed by atoms with Gasteiger partial charge in [-0.3, -0.25) is 4.79 Å². The number of unbranched alkanes of at least 4 members (excludes halogenated alkanes) is 3. The topological polar surface area (TPSA) is 37.3 Å². The van der Waals surface area contributed by atoms with Gasteiger partial charge in [0.15, 0.2) is 0 Å². The van der Waals surface area contributed by atoms with E-state index in [0.717, 1.165) is 21.7 Å². The maximum absolute atomic E-state index is 11.5. The first-order chi connectivity index (χ1) is 14.9. The quantitative estimate of drug-likeness (QED) is 0.329. The number of carboxylic acids is 1. The van der Waals surface area contributed by atoms with Crippen molar-refractivity contribution in [3.05, 3.63) is 50.7 Å². The van der Waals surface area contributed by atoms with E-state index in [9.17, 15) is 9.90 Å². The van der Waals surface area contributed by atoms with Gasteiger partial charge in [0.25, 0.3) is 0 Å². The Balaban J connectivity index is 1.92. The number of benzene rings is 1. The molecular formula is C27H34O2S2. The molecule has 1 aliphatic heterocycles. The summed E-state index contributed by atoms with van der Waals surface area (Å²) in [6.45, 7) is 8.84. The number of hydrogen-bond acceptors (Lipinski definition) is 3. The van der Waals surface area contributed by atoms with Crippen molar-refractivity contribution in [1.29, 1.82) is 0 Å². The number of thiophene rings is 1. The molecular weight excluding hydrogens is 420 g/mol. The highest BCUT2D eigenvalue weighted by Gasteiger charge is 2.28. The first-order valence-corrected chi connectivity index (χ1v) is 13.3. The highest BCUT2D eigenvalue weighted by atomic mass is 32.2. The molecule has 4 heteroatoms. The SMILES string of the molecule is CCCCCCc1cc2c(cc1C#Cc1ccc(C(CC)C(=O)O)s1)C(C)(C)CCS2. The zero-order chi connectivity index (χ0) is 22.4. The first-order valence-electron chi connectivity index (χ1n) is 11.5. The Hall–Kier alpha value is -1.70. The lowest BCUT2D eigenvalue weighted by atomic mass is 9.80. The molecule has 1 aromatic heterocycles. The molecule has 0 amide bonds. The summed E-state index contributed by atoms with van der Waals surface area (Å²) < 4.78 is 0. The molecule has 1 atom stereocenters.